The molecule has 2 saturated heterocycles. The monoisotopic (exact) mass is 329 g/mol. The molecule has 0 aromatic heterocycles. The highest BCUT2D eigenvalue weighted by Crippen LogP contribution is 2.32. The highest BCUT2D eigenvalue weighted by molar-refractivity contribution is 5.29. The van der Waals surface area contributed by atoms with Crippen LogP contribution in [0, 0.1) is 0 Å². The van der Waals surface area contributed by atoms with Crippen molar-refractivity contribution in [2.45, 2.75) is 44.2 Å². The van der Waals surface area contributed by atoms with E-state index in [1.165, 1.54) is 6.07 Å². The molecule has 2 aliphatic heterocycles. The Bertz CT molecular complexity index is 507. The Morgan fingerprint density at radius 3 is 2.48 bits per heavy atom. The zero-order valence-electron chi connectivity index (χ0n) is 13.0. The fraction of sp³-hybridized carbons (Fsp3) is 0.647. The van der Waals surface area contributed by atoms with E-state index in [1.807, 2.05) is 0 Å². The van der Waals surface area contributed by atoms with Crippen molar-refractivity contribution in [3.63, 3.8) is 0 Å². The van der Waals surface area contributed by atoms with E-state index < -0.39 is 11.7 Å². The molecule has 3 nitrogen and oxygen atoms in total. The van der Waals surface area contributed by atoms with Gasteiger partial charge in [-0.2, -0.15) is 13.2 Å². The van der Waals surface area contributed by atoms with Crippen molar-refractivity contribution in [1.82, 2.24) is 4.90 Å². The molecule has 0 unspecified atom stereocenters. The Balaban J connectivity index is 1.53. The smallest absolute Gasteiger partial charge is 0.379 e. The number of nitrogens with zero attached hydrogens (tertiary/aromatic N) is 1. The number of alkyl halides is 3. The highest BCUT2D eigenvalue weighted by Gasteiger charge is 2.33. The second-order valence-corrected chi connectivity index (χ2v) is 6.25. The molecule has 0 bridgehead atoms. The fourth-order valence-corrected chi connectivity index (χ4v) is 3.27. The van der Waals surface area contributed by atoms with Gasteiger partial charge in [-0.15, -0.1) is 0 Å². The molecule has 23 heavy (non-hydrogen) atoms. The van der Waals surface area contributed by atoms with Crippen molar-refractivity contribution in [3.05, 3.63) is 35.4 Å². The Morgan fingerprint density at radius 2 is 1.83 bits per heavy atom. The molecule has 0 amide bonds. The lowest BCUT2D eigenvalue weighted by Crippen LogP contribution is -2.38. The van der Waals surface area contributed by atoms with Crippen LogP contribution in [0.5, 0.6) is 0 Å². The van der Waals surface area contributed by atoms with Crippen LogP contribution in [0.15, 0.2) is 24.3 Å². The summed E-state index contributed by atoms with van der Waals surface area (Å²) in [5.41, 5.74) is -0.176. The Labute approximate surface area is 134 Å². The van der Waals surface area contributed by atoms with Crippen molar-refractivity contribution in [2.24, 2.45) is 0 Å². The third-order valence-electron chi connectivity index (χ3n) is 4.52. The molecule has 2 fully saturated rings. The molecule has 0 aliphatic carbocycles. The van der Waals surface area contributed by atoms with E-state index in [2.05, 4.69) is 4.90 Å². The quantitative estimate of drug-likeness (QED) is 0.844. The van der Waals surface area contributed by atoms with E-state index in [9.17, 15) is 13.2 Å². The first-order valence-electron chi connectivity index (χ1n) is 8.13. The molecule has 0 spiro atoms. The van der Waals surface area contributed by atoms with Crippen LogP contribution in [0.3, 0.4) is 0 Å². The molecule has 128 valence electrons. The number of benzene rings is 1. The average molecular weight is 329 g/mol. The summed E-state index contributed by atoms with van der Waals surface area (Å²) in [7, 11) is 0. The summed E-state index contributed by atoms with van der Waals surface area (Å²) in [6.07, 6.45) is -1.22. The molecule has 3 rings (SSSR count). The molecule has 1 atom stereocenters. The van der Waals surface area contributed by atoms with Crippen LogP contribution in [0.25, 0.3) is 0 Å². The maximum Gasteiger partial charge on any atom is 0.416 e. The van der Waals surface area contributed by atoms with Crippen molar-refractivity contribution < 1.29 is 22.6 Å². The van der Waals surface area contributed by atoms with E-state index in [0.717, 1.165) is 45.0 Å². The second-order valence-electron chi connectivity index (χ2n) is 6.25. The topological polar surface area (TPSA) is 21.7 Å². The zero-order valence-corrected chi connectivity index (χ0v) is 13.0. The molecule has 0 N–H and O–H groups in total. The standard InChI is InChI=1S/C17H22F3NO2/c18-17(19,20)16-4-2-1-3-13(16)11-21-8-5-14(6-9-21)23-15-7-10-22-12-15/h1-4,14-15H,5-12H2/t15-/m1/s1. The zero-order chi connectivity index (χ0) is 16.3. The van der Waals surface area contributed by atoms with Gasteiger partial charge in [0.1, 0.15) is 0 Å². The number of hydrogen-bond acceptors (Lipinski definition) is 3. The van der Waals surface area contributed by atoms with Gasteiger partial charge in [0.25, 0.3) is 0 Å². The summed E-state index contributed by atoms with van der Waals surface area (Å²) < 4.78 is 50.4. The van der Waals surface area contributed by atoms with Gasteiger partial charge >= 0.3 is 6.18 Å². The maximum absolute atomic E-state index is 13.0. The van der Waals surface area contributed by atoms with Gasteiger partial charge in [-0.25, -0.2) is 0 Å². The molecule has 2 heterocycles. The predicted octanol–water partition coefficient (Wildman–Crippen LogP) is 3.48. The van der Waals surface area contributed by atoms with Crippen LogP contribution >= 0.6 is 0 Å². The maximum atomic E-state index is 13.0. The minimum Gasteiger partial charge on any atom is -0.379 e. The van der Waals surface area contributed by atoms with E-state index in [4.69, 9.17) is 9.47 Å². The van der Waals surface area contributed by atoms with Gasteiger partial charge in [0.05, 0.1) is 24.4 Å². The van der Waals surface area contributed by atoms with Crippen molar-refractivity contribution >= 4 is 0 Å². The van der Waals surface area contributed by atoms with Crippen molar-refractivity contribution in [1.29, 1.82) is 0 Å². The average Bonchev–Trinajstić information content (AvgIpc) is 3.02. The molecule has 2 aliphatic rings. The van der Waals surface area contributed by atoms with Gasteiger partial charge in [-0.05, 0) is 30.9 Å². The number of rotatable bonds is 4. The van der Waals surface area contributed by atoms with Crippen LogP contribution in [0.2, 0.25) is 0 Å². The summed E-state index contributed by atoms with van der Waals surface area (Å²) in [5, 5.41) is 0. The lowest BCUT2D eigenvalue weighted by Gasteiger charge is -2.33. The van der Waals surface area contributed by atoms with Crippen LogP contribution in [-0.4, -0.2) is 43.4 Å². The van der Waals surface area contributed by atoms with E-state index >= 15 is 0 Å². The second kappa shape index (κ2) is 7.20. The Hall–Kier alpha value is -1.11. The minimum absolute atomic E-state index is 0.192. The van der Waals surface area contributed by atoms with Gasteiger partial charge in [0.15, 0.2) is 0 Å². The van der Waals surface area contributed by atoms with Crippen LogP contribution in [-0.2, 0) is 22.2 Å². The lowest BCUT2D eigenvalue weighted by atomic mass is 10.0. The van der Waals surface area contributed by atoms with Gasteiger partial charge < -0.3 is 9.47 Å². The molecule has 6 heteroatoms. The first-order chi connectivity index (χ1) is 11.0. The Morgan fingerprint density at radius 1 is 1.09 bits per heavy atom. The minimum atomic E-state index is -4.29. The van der Waals surface area contributed by atoms with Gasteiger partial charge in [-0.3, -0.25) is 4.90 Å². The normalized spacial score (nSPS) is 24.2. The number of hydrogen-bond donors (Lipinski definition) is 0. The first kappa shape index (κ1) is 16.7. The van der Waals surface area contributed by atoms with Crippen LogP contribution < -0.4 is 0 Å². The number of ether oxygens (including phenoxy) is 2. The van der Waals surface area contributed by atoms with Crippen molar-refractivity contribution in [3.8, 4) is 0 Å². The molecule has 1 aromatic carbocycles. The Kier molecular flexibility index (Phi) is 5.24. The predicted molar refractivity (Wildman–Crippen MR) is 80.1 cm³/mol. The summed E-state index contributed by atoms with van der Waals surface area (Å²) in [5.74, 6) is 0. The molecule has 1 aromatic rings. The summed E-state index contributed by atoms with van der Waals surface area (Å²) in [6, 6.07) is 5.84. The number of piperidine rings is 1. The largest absolute Gasteiger partial charge is 0.416 e. The molecule has 0 saturated carbocycles. The van der Waals surface area contributed by atoms with E-state index in [-0.39, 0.29) is 12.2 Å². The summed E-state index contributed by atoms with van der Waals surface area (Å²) in [4.78, 5) is 2.08. The molecular weight excluding hydrogens is 307 g/mol. The SMILES string of the molecule is FC(F)(F)c1ccccc1CN1CCC(O[C@@H]2CCOC2)CC1. The number of likely N-dealkylation sites (tertiary alicyclic amines) is 1. The summed E-state index contributed by atoms with van der Waals surface area (Å²) in [6.45, 7) is 3.31. The third kappa shape index (κ3) is 4.46. The lowest BCUT2D eigenvalue weighted by molar-refractivity contribution is -0.138. The van der Waals surface area contributed by atoms with Gasteiger partial charge in [-0.1, -0.05) is 18.2 Å². The van der Waals surface area contributed by atoms with E-state index in [0.29, 0.717) is 18.7 Å². The number of halogens is 3. The van der Waals surface area contributed by atoms with Gasteiger partial charge in [0.2, 0.25) is 0 Å². The molecule has 0 radical (unpaired) electrons. The van der Waals surface area contributed by atoms with Crippen molar-refractivity contribution in [2.75, 3.05) is 26.3 Å². The van der Waals surface area contributed by atoms with Crippen LogP contribution in [0.1, 0.15) is 30.4 Å². The van der Waals surface area contributed by atoms with E-state index in [1.54, 1.807) is 12.1 Å². The summed E-state index contributed by atoms with van der Waals surface area (Å²) >= 11 is 0. The third-order valence-corrected chi connectivity index (χ3v) is 4.52. The first-order valence-corrected chi connectivity index (χ1v) is 8.13. The van der Waals surface area contributed by atoms with Gasteiger partial charge in [0, 0.05) is 26.2 Å². The fourth-order valence-electron chi connectivity index (χ4n) is 3.27. The highest BCUT2D eigenvalue weighted by atomic mass is 19.4. The molecular formula is C17H22F3NO2. The van der Waals surface area contributed by atoms with Crippen LogP contribution in [0.4, 0.5) is 13.2 Å².